The van der Waals surface area contributed by atoms with Crippen molar-refractivity contribution < 1.29 is 22.8 Å². The third-order valence-electron chi connectivity index (χ3n) is 4.65. The van der Waals surface area contributed by atoms with Gasteiger partial charge in [-0.15, -0.1) is 0 Å². The van der Waals surface area contributed by atoms with Crippen LogP contribution < -0.4 is 21.2 Å². The molecule has 0 radical (unpaired) electrons. The number of nitrogens with zero attached hydrogens (tertiary/aromatic N) is 3. The van der Waals surface area contributed by atoms with E-state index in [4.69, 9.17) is 0 Å². The summed E-state index contributed by atoms with van der Waals surface area (Å²) >= 11 is 0. The summed E-state index contributed by atoms with van der Waals surface area (Å²) in [6, 6.07) is 12.0. The van der Waals surface area contributed by atoms with Crippen LogP contribution in [0.2, 0.25) is 0 Å². The molecule has 2 amide bonds. The number of rotatable bonds is 4. The van der Waals surface area contributed by atoms with Crippen LogP contribution >= 0.6 is 0 Å². The topological polar surface area (TPSA) is 96.3 Å². The minimum atomic E-state index is -4.57. The van der Waals surface area contributed by atoms with Crippen LogP contribution in [-0.2, 0) is 6.18 Å². The Morgan fingerprint density at radius 2 is 1.64 bits per heavy atom. The summed E-state index contributed by atoms with van der Waals surface area (Å²) in [6.45, 7) is 1.47. The Bertz CT molecular complexity index is 1270. The number of aryl methyl sites for hydroxylation is 1. The Morgan fingerprint density at radius 3 is 2.30 bits per heavy atom. The van der Waals surface area contributed by atoms with Crippen LogP contribution in [-0.4, -0.2) is 35.7 Å². The number of hydrogen-bond acceptors (Lipinski definition) is 5. The van der Waals surface area contributed by atoms with E-state index in [1.165, 1.54) is 19.1 Å². The normalized spacial score (nSPS) is 11.1. The number of alkyl halides is 3. The fourth-order valence-corrected chi connectivity index (χ4v) is 2.95. The molecule has 8 nitrogen and oxygen atoms in total. The molecule has 0 saturated carbocycles. The Balaban J connectivity index is 1.84. The second-order valence-corrected chi connectivity index (χ2v) is 7.31. The summed E-state index contributed by atoms with van der Waals surface area (Å²) in [6.07, 6.45) is -4.57. The number of anilines is 1. The summed E-state index contributed by atoms with van der Waals surface area (Å²) in [5, 5.41) is 3.92. The first-order valence-corrected chi connectivity index (χ1v) is 9.64. The number of carbonyl (C=O) groups is 2. The van der Waals surface area contributed by atoms with Gasteiger partial charge in [0.1, 0.15) is 0 Å². The first kappa shape index (κ1) is 23.5. The molecule has 3 rings (SSSR count). The fourth-order valence-electron chi connectivity index (χ4n) is 2.95. The molecule has 0 spiro atoms. The molecule has 0 bridgehead atoms. The molecule has 0 aliphatic carbocycles. The molecular formula is C22H20F3N5O3. The molecule has 2 aromatic carbocycles. The number of carbonyl (C=O) groups excluding carboxylic acids is 2. The van der Waals surface area contributed by atoms with Crippen molar-refractivity contribution in [2.45, 2.75) is 13.1 Å². The first-order chi connectivity index (χ1) is 15.5. The number of amides is 2. The highest BCUT2D eigenvalue weighted by atomic mass is 19.4. The van der Waals surface area contributed by atoms with Gasteiger partial charge in [0, 0.05) is 37.1 Å². The Labute approximate surface area is 186 Å². The molecule has 1 heterocycles. The molecule has 0 aliphatic rings. The number of aromatic nitrogens is 2. The van der Waals surface area contributed by atoms with E-state index in [1.54, 1.807) is 43.3 Å². The van der Waals surface area contributed by atoms with Crippen LogP contribution in [0.5, 0.6) is 0 Å². The lowest BCUT2D eigenvalue weighted by Gasteiger charge is -2.14. The van der Waals surface area contributed by atoms with Crippen molar-refractivity contribution in [3.63, 3.8) is 0 Å². The zero-order chi connectivity index (χ0) is 24.3. The van der Waals surface area contributed by atoms with Gasteiger partial charge in [-0.1, -0.05) is 12.1 Å². The van der Waals surface area contributed by atoms with Gasteiger partial charge in [-0.3, -0.25) is 25.2 Å². The third kappa shape index (κ3) is 5.37. The minimum absolute atomic E-state index is 0.0147. The molecular weight excluding hydrogens is 439 g/mol. The highest BCUT2D eigenvalue weighted by Crippen LogP contribution is 2.30. The number of benzene rings is 2. The van der Waals surface area contributed by atoms with Crippen molar-refractivity contribution in [1.29, 1.82) is 0 Å². The van der Waals surface area contributed by atoms with Crippen molar-refractivity contribution in [2.24, 2.45) is 0 Å². The molecule has 1 aromatic heterocycles. The molecule has 2 N–H and O–H groups in total. The predicted octanol–water partition coefficient (Wildman–Crippen LogP) is 2.70. The Kier molecular flexibility index (Phi) is 6.52. The van der Waals surface area contributed by atoms with E-state index in [0.29, 0.717) is 0 Å². The van der Waals surface area contributed by atoms with E-state index in [-0.39, 0.29) is 16.9 Å². The molecule has 3 aromatic rings. The second-order valence-electron chi connectivity index (χ2n) is 7.31. The van der Waals surface area contributed by atoms with Crippen LogP contribution in [0.4, 0.5) is 18.9 Å². The van der Waals surface area contributed by atoms with E-state index in [0.717, 1.165) is 28.6 Å². The number of halogens is 3. The maximum absolute atomic E-state index is 13.1. The van der Waals surface area contributed by atoms with Crippen molar-refractivity contribution in [1.82, 2.24) is 20.6 Å². The molecule has 0 saturated heterocycles. The van der Waals surface area contributed by atoms with Crippen LogP contribution in [0.3, 0.4) is 0 Å². The fraction of sp³-hybridized carbons (Fsp3) is 0.182. The average Bonchev–Trinajstić information content (AvgIpc) is 2.77. The molecule has 0 unspecified atom stereocenters. The standard InChI is InChI=1S/C22H20F3N5O3/c1-13-10-18(31)19(28-30(13)17-9-5-7-15(12-17)22(23,24)25)21(33)27-26-20(32)14-6-4-8-16(11-14)29(2)3/h4-12H,1-3H3,(H,26,32)(H,27,33). The summed E-state index contributed by atoms with van der Waals surface area (Å²) in [7, 11) is 3.61. The van der Waals surface area contributed by atoms with Gasteiger partial charge < -0.3 is 4.90 Å². The molecule has 0 atom stereocenters. The van der Waals surface area contributed by atoms with Gasteiger partial charge >= 0.3 is 6.18 Å². The lowest BCUT2D eigenvalue weighted by Crippen LogP contribution is -2.44. The first-order valence-electron chi connectivity index (χ1n) is 9.64. The number of hydrogen-bond donors (Lipinski definition) is 2. The highest BCUT2D eigenvalue weighted by Gasteiger charge is 2.30. The number of nitrogens with one attached hydrogen (secondary N) is 2. The molecule has 172 valence electrons. The number of hydrazine groups is 1. The lowest BCUT2D eigenvalue weighted by atomic mass is 10.2. The van der Waals surface area contributed by atoms with E-state index in [1.807, 2.05) is 0 Å². The predicted molar refractivity (Wildman–Crippen MR) is 115 cm³/mol. The van der Waals surface area contributed by atoms with Crippen LogP contribution in [0, 0.1) is 6.92 Å². The van der Waals surface area contributed by atoms with Crippen molar-refractivity contribution in [2.75, 3.05) is 19.0 Å². The maximum atomic E-state index is 13.1. The maximum Gasteiger partial charge on any atom is 0.416 e. The van der Waals surface area contributed by atoms with Gasteiger partial charge in [-0.25, -0.2) is 4.68 Å². The quantitative estimate of drug-likeness (QED) is 0.585. The molecule has 0 aliphatic heterocycles. The zero-order valence-electron chi connectivity index (χ0n) is 17.9. The van der Waals surface area contributed by atoms with Gasteiger partial charge in [-0.05, 0) is 43.3 Å². The van der Waals surface area contributed by atoms with Crippen molar-refractivity contribution in [3.05, 3.63) is 87.3 Å². The van der Waals surface area contributed by atoms with Gasteiger partial charge in [0.15, 0.2) is 5.69 Å². The zero-order valence-corrected chi connectivity index (χ0v) is 17.9. The molecule has 11 heteroatoms. The Morgan fingerprint density at radius 1 is 0.970 bits per heavy atom. The van der Waals surface area contributed by atoms with Gasteiger partial charge in [0.2, 0.25) is 5.43 Å². The van der Waals surface area contributed by atoms with Crippen LogP contribution in [0.15, 0.2) is 59.4 Å². The summed E-state index contributed by atoms with van der Waals surface area (Å²) in [5.74, 6) is -1.64. The summed E-state index contributed by atoms with van der Waals surface area (Å²) in [4.78, 5) is 39.0. The average molecular weight is 459 g/mol. The molecule has 33 heavy (non-hydrogen) atoms. The van der Waals surface area contributed by atoms with Crippen LogP contribution in [0.25, 0.3) is 5.69 Å². The summed E-state index contributed by atoms with van der Waals surface area (Å²) in [5.41, 5.74) is 3.32. The highest BCUT2D eigenvalue weighted by molar-refractivity contribution is 5.98. The smallest absolute Gasteiger partial charge is 0.378 e. The van der Waals surface area contributed by atoms with E-state index >= 15 is 0 Å². The second kappa shape index (κ2) is 9.15. The third-order valence-corrected chi connectivity index (χ3v) is 4.65. The van der Waals surface area contributed by atoms with E-state index in [2.05, 4.69) is 16.0 Å². The Hall–Kier alpha value is -4.15. The van der Waals surface area contributed by atoms with Gasteiger partial charge in [-0.2, -0.15) is 18.3 Å². The van der Waals surface area contributed by atoms with Crippen molar-refractivity contribution in [3.8, 4) is 5.69 Å². The largest absolute Gasteiger partial charge is 0.416 e. The molecule has 0 fully saturated rings. The van der Waals surface area contributed by atoms with Crippen LogP contribution in [0.1, 0.15) is 32.1 Å². The summed E-state index contributed by atoms with van der Waals surface area (Å²) < 4.78 is 40.2. The van der Waals surface area contributed by atoms with E-state index < -0.39 is 34.7 Å². The minimum Gasteiger partial charge on any atom is -0.378 e. The SMILES string of the molecule is Cc1cc(=O)c(C(=O)NNC(=O)c2cccc(N(C)C)c2)nn1-c1cccc(C(F)(F)F)c1. The van der Waals surface area contributed by atoms with Gasteiger partial charge in [0.05, 0.1) is 11.3 Å². The monoisotopic (exact) mass is 459 g/mol. The van der Waals surface area contributed by atoms with Gasteiger partial charge in [0.25, 0.3) is 11.8 Å². The van der Waals surface area contributed by atoms with E-state index in [9.17, 15) is 27.6 Å². The van der Waals surface area contributed by atoms with Crippen molar-refractivity contribution >= 4 is 17.5 Å². The lowest BCUT2D eigenvalue weighted by molar-refractivity contribution is -0.137.